The molecule has 0 saturated heterocycles. The lowest BCUT2D eigenvalue weighted by Gasteiger charge is -2.24. The highest BCUT2D eigenvalue weighted by molar-refractivity contribution is 9.10. The number of fused-ring (bicyclic) bond motifs is 1. The Morgan fingerprint density at radius 2 is 2.17 bits per heavy atom. The van der Waals surface area contributed by atoms with E-state index >= 15 is 0 Å². The molecule has 0 aliphatic heterocycles. The first-order chi connectivity index (χ1) is 8.79. The summed E-state index contributed by atoms with van der Waals surface area (Å²) in [6.45, 7) is 0.329. The number of aliphatic hydroxyl groups excluding tert-OH is 1. The molecule has 3 rings (SSSR count). The lowest BCUT2D eigenvalue weighted by Crippen LogP contribution is -2.36. The third kappa shape index (κ3) is 2.24. The van der Waals surface area contributed by atoms with Crippen LogP contribution in [0.3, 0.4) is 0 Å². The van der Waals surface area contributed by atoms with E-state index in [1.54, 1.807) is 0 Å². The molecule has 1 saturated carbocycles. The zero-order chi connectivity index (χ0) is 12.5. The van der Waals surface area contributed by atoms with Crippen molar-refractivity contribution in [3.63, 3.8) is 0 Å². The molecule has 1 aromatic carbocycles. The van der Waals surface area contributed by atoms with Gasteiger partial charge < -0.3 is 10.4 Å². The highest BCUT2D eigenvalue weighted by Gasteiger charge is 2.31. The van der Waals surface area contributed by atoms with Crippen LogP contribution < -0.4 is 5.32 Å². The van der Waals surface area contributed by atoms with Crippen LogP contribution in [0.25, 0.3) is 0 Å². The minimum Gasteiger partial charge on any atom is -0.396 e. The summed E-state index contributed by atoms with van der Waals surface area (Å²) >= 11 is 3.65. The minimum absolute atomic E-state index is 0.329. The van der Waals surface area contributed by atoms with Gasteiger partial charge in [0.2, 0.25) is 0 Å². The van der Waals surface area contributed by atoms with Gasteiger partial charge in [-0.05, 0) is 48.8 Å². The molecule has 2 N–H and O–H groups in total. The molecule has 3 atom stereocenters. The topological polar surface area (TPSA) is 32.3 Å². The first-order valence-electron chi connectivity index (χ1n) is 6.94. The van der Waals surface area contributed by atoms with E-state index in [1.165, 1.54) is 41.3 Å². The van der Waals surface area contributed by atoms with E-state index in [0.717, 1.165) is 6.42 Å². The third-order valence-electron chi connectivity index (χ3n) is 4.52. The molecule has 0 aromatic heterocycles. The van der Waals surface area contributed by atoms with Crippen LogP contribution in [0.4, 0.5) is 0 Å². The van der Waals surface area contributed by atoms with E-state index < -0.39 is 0 Å². The highest BCUT2D eigenvalue weighted by Crippen LogP contribution is 2.37. The van der Waals surface area contributed by atoms with Crippen LogP contribution in [0.5, 0.6) is 0 Å². The molecule has 1 fully saturated rings. The maximum Gasteiger partial charge on any atom is 0.0474 e. The largest absolute Gasteiger partial charge is 0.396 e. The summed E-state index contributed by atoms with van der Waals surface area (Å²) in [5, 5.41) is 13.2. The van der Waals surface area contributed by atoms with Crippen LogP contribution >= 0.6 is 15.9 Å². The molecule has 2 aliphatic rings. The summed E-state index contributed by atoms with van der Waals surface area (Å²) in [4.78, 5) is 0. The molecule has 3 heteroatoms. The Bertz CT molecular complexity index is 435. The fourth-order valence-corrected chi connectivity index (χ4v) is 4.10. The van der Waals surface area contributed by atoms with Crippen LogP contribution in [0.1, 0.15) is 42.9 Å². The number of nitrogens with one attached hydrogen (secondary N) is 1. The van der Waals surface area contributed by atoms with Crippen molar-refractivity contribution >= 4 is 15.9 Å². The Balaban J connectivity index is 1.75. The second-order valence-electron chi connectivity index (χ2n) is 5.55. The van der Waals surface area contributed by atoms with Gasteiger partial charge in [0.25, 0.3) is 0 Å². The number of aliphatic hydroxyl groups is 1. The Labute approximate surface area is 117 Å². The smallest absolute Gasteiger partial charge is 0.0474 e. The molecule has 0 amide bonds. The van der Waals surface area contributed by atoms with Crippen LogP contribution in [-0.4, -0.2) is 17.8 Å². The van der Waals surface area contributed by atoms with E-state index in [2.05, 4.69) is 39.4 Å². The van der Waals surface area contributed by atoms with E-state index in [1.807, 2.05) is 0 Å². The van der Waals surface area contributed by atoms with Crippen molar-refractivity contribution in [2.24, 2.45) is 5.92 Å². The zero-order valence-corrected chi connectivity index (χ0v) is 12.1. The Morgan fingerprint density at radius 3 is 3.00 bits per heavy atom. The predicted molar refractivity (Wildman–Crippen MR) is 76.6 cm³/mol. The van der Waals surface area contributed by atoms with Crippen molar-refractivity contribution in [1.29, 1.82) is 0 Å². The minimum atomic E-state index is 0.329. The molecular formula is C15H20BrNO. The zero-order valence-electron chi connectivity index (χ0n) is 10.5. The van der Waals surface area contributed by atoms with Gasteiger partial charge in [0, 0.05) is 23.2 Å². The predicted octanol–water partition coefficient (Wildman–Crippen LogP) is 3.19. The van der Waals surface area contributed by atoms with Gasteiger partial charge >= 0.3 is 0 Å². The van der Waals surface area contributed by atoms with Crippen molar-refractivity contribution < 1.29 is 5.11 Å². The number of hydrogen-bond donors (Lipinski definition) is 2. The van der Waals surface area contributed by atoms with Crippen LogP contribution in [-0.2, 0) is 6.42 Å². The maximum absolute atomic E-state index is 9.40. The van der Waals surface area contributed by atoms with Crippen molar-refractivity contribution in [1.82, 2.24) is 5.32 Å². The number of hydrogen-bond acceptors (Lipinski definition) is 2. The second-order valence-corrected chi connectivity index (χ2v) is 6.40. The van der Waals surface area contributed by atoms with Crippen molar-refractivity contribution in [2.75, 3.05) is 6.61 Å². The molecule has 98 valence electrons. The van der Waals surface area contributed by atoms with Gasteiger partial charge in [0.05, 0.1) is 0 Å². The maximum atomic E-state index is 9.40. The van der Waals surface area contributed by atoms with E-state index in [4.69, 9.17) is 0 Å². The molecule has 0 radical (unpaired) electrons. The quantitative estimate of drug-likeness (QED) is 0.899. The van der Waals surface area contributed by atoms with Crippen molar-refractivity contribution in [2.45, 2.75) is 44.2 Å². The average Bonchev–Trinajstić information content (AvgIpc) is 2.98. The Kier molecular flexibility index (Phi) is 3.73. The summed E-state index contributed by atoms with van der Waals surface area (Å²) in [6.07, 6.45) is 5.98. The standard InChI is InChI=1S/C15H20BrNO/c16-13-5-2-4-12-11(13)7-8-15(12)17-14-6-1-3-10(14)9-18/h2,4-5,10,14-15,17-18H,1,3,6-9H2/t10-,14+,15-/m0/s1. The monoisotopic (exact) mass is 309 g/mol. The van der Waals surface area contributed by atoms with Crippen LogP contribution in [0.15, 0.2) is 22.7 Å². The second kappa shape index (κ2) is 5.32. The highest BCUT2D eigenvalue weighted by atomic mass is 79.9. The summed E-state index contributed by atoms with van der Waals surface area (Å²) in [5.74, 6) is 0.459. The number of benzene rings is 1. The molecule has 18 heavy (non-hydrogen) atoms. The molecule has 1 aromatic rings. The average molecular weight is 310 g/mol. The van der Waals surface area contributed by atoms with Gasteiger partial charge in [-0.25, -0.2) is 0 Å². The number of halogens is 1. The summed E-state index contributed by atoms with van der Waals surface area (Å²) in [7, 11) is 0. The molecular weight excluding hydrogens is 290 g/mol. The molecule has 0 unspecified atom stereocenters. The molecule has 2 nitrogen and oxygen atoms in total. The third-order valence-corrected chi connectivity index (χ3v) is 5.27. The molecule has 0 heterocycles. The van der Waals surface area contributed by atoms with Gasteiger partial charge in [0.1, 0.15) is 0 Å². The summed E-state index contributed by atoms with van der Waals surface area (Å²) in [6, 6.07) is 7.49. The summed E-state index contributed by atoms with van der Waals surface area (Å²) < 4.78 is 1.24. The van der Waals surface area contributed by atoms with E-state index in [9.17, 15) is 5.11 Å². The van der Waals surface area contributed by atoms with Crippen molar-refractivity contribution in [3.05, 3.63) is 33.8 Å². The lowest BCUT2D eigenvalue weighted by molar-refractivity contribution is 0.199. The van der Waals surface area contributed by atoms with Crippen molar-refractivity contribution in [3.8, 4) is 0 Å². The fourth-order valence-electron chi connectivity index (χ4n) is 3.52. The van der Waals surface area contributed by atoms with E-state index in [0.29, 0.717) is 24.6 Å². The lowest BCUT2D eigenvalue weighted by atomic mass is 10.0. The molecule has 0 bridgehead atoms. The Hall–Kier alpha value is -0.380. The van der Waals surface area contributed by atoms with Gasteiger partial charge in [-0.3, -0.25) is 0 Å². The normalized spacial score (nSPS) is 30.7. The van der Waals surface area contributed by atoms with Gasteiger partial charge in [-0.2, -0.15) is 0 Å². The Morgan fingerprint density at radius 1 is 1.28 bits per heavy atom. The SMILES string of the molecule is OC[C@@H]1CCC[C@H]1N[C@H]1CCc2c(Br)cccc21. The molecule has 0 spiro atoms. The first-order valence-corrected chi connectivity index (χ1v) is 7.73. The fraction of sp³-hybridized carbons (Fsp3) is 0.600. The van der Waals surface area contributed by atoms with Gasteiger partial charge in [0.15, 0.2) is 0 Å². The number of rotatable bonds is 3. The summed E-state index contributed by atoms with van der Waals surface area (Å²) in [5.41, 5.74) is 2.92. The van der Waals surface area contributed by atoms with Crippen LogP contribution in [0, 0.1) is 5.92 Å². The van der Waals surface area contributed by atoms with Crippen LogP contribution in [0.2, 0.25) is 0 Å². The molecule has 2 aliphatic carbocycles. The first kappa shape index (κ1) is 12.6. The van der Waals surface area contributed by atoms with Gasteiger partial charge in [-0.1, -0.05) is 34.5 Å². The van der Waals surface area contributed by atoms with E-state index in [-0.39, 0.29) is 0 Å². The van der Waals surface area contributed by atoms with Gasteiger partial charge in [-0.15, -0.1) is 0 Å².